The largest absolute Gasteiger partial charge is 0.383 e. The summed E-state index contributed by atoms with van der Waals surface area (Å²) in [6.45, 7) is 0.892. The number of hydrogen-bond donors (Lipinski definition) is 2. The number of hydrogen-bond acceptors (Lipinski definition) is 4. The van der Waals surface area contributed by atoms with Crippen LogP contribution in [0.15, 0.2) is 48.5 Å². The van der Waals surface area contributed by atoms with E-state index in [1.165, 1.54) is 0 Å². The zero-order valence-corrected chi connectivity index (χ0v) is 15.8. The maximum Gasteiger partial charge on any atom is 0.255 e. The molecule has 0 fully saturated rings. The smallest absolute Gasteiger partial charge is 0.255 e. The Labute approximate surface area is 158 Å². The molecule has 0 radical (unpaired) electrons. The van der Waals surface area contributed by atoms with E-state index in [1.807, 2.05) is 73.6 Å². The number of nitrogens with one attached hydrogen (secondary N) is 2. The van der Waals surface area contributed by atoms with Gasteiger partial charge in [-0.3, -0.25) is 4.79 Å². The van der Waals surface area contributed by atoms with Crippen LogP contribution in [-0.2, 0) is 9.53 Å². The van der Waals surface area contributed by atoms with Gasteiger partial charge in [-0.2, -0.15) is 0 Å². The van der Waals surface area contributed by atoms with Crippen molar-refractivity contribution >= 4 is 34.3 Å². The molecule has 2 aromatic carbocycles. The van der Waals surface area contributed by atoms with Crippen LogP contribution < -0.4 is 10.2 Å². The summed E-state index contributed by atoms with van der Waals surface area (Å²) in [5, 5.41) is 2.88. The van der Waals surface area contributed by atoms with E-state index in [0.717, 1.165) is 22.3 Å². The number of anilines is 1. The molecule has 27 heavy (non-hydrogen) atoms. The SMILES string of the molecule is COCCNC(=O)/C(=C/c1ccc(N(C)C)cc1)c1nc2ccccc2[nH]1. The summed E-state index contributed by atoms with van der Waals surface area (Å²) < 4.78 is 5.02. The predicted octanol–water partition coefficient (Wildman–Crippen LogP) is 2.93. The van der Waals surface area contributed by atoms with Gasteiger partial charge in [0, 0.05) is 33.4 Å². The molecule has 0 atom stereocenters. The van der Waals surface area contributed by atoms with Crippen molar-refractivity contribution in [1.82, 2.24) is 15.3 Å². The second-order valence-electron chi connectivity index (χ2n) is 6.40. The lowest BCUT2D eigenvalue weighted by atomic mass is 10.1. The molecule has 1 amide bonds. The summed E-state index contributed by atoms with van der Waals surface area (Å²) in [6, 6.07) is 15.7. The molecule has 1 aromatic heterocycles. The van der Waals surface area contributed by atoms with Crippen molar-refractivity contribution in [2.75, 3.05) is 39.3 Å². The van der Waals surface area contributed by atoms with Gasteiger partial charge in [0.25, 0.3) is 5.91 Å². The summed E-state index contributed by atoms with van der Waals surface area (Å²) in [5.74, 6) is 0.352. The fourth-order valence-corrected chi connectivity index (χ4v) is 2.72. The Kier molecular flexibility index (Phi) is 5.88. The number of para-hydroxylation sites is 2. The zero-order chi connectivity index (χ0) is 19.2. The Morgan fingerprint density at radius 2 is 1.93 bits per heavy atom. The number of fused-ring (bicyclic) bond motifs is 1. The molecule has 3 aromatic rings. The summed E-state index contributed by atoms with van der Waals surface area (Å²) in [7, 11) is 5.59. The van der Waals surface area contributed by atoms with Crippen LogP contribution in [0, 0.1) is 0 Å². The Morgan fingerprint density at radius 1 is 1.19 bits per heavy atom. The van der Waals surface area contributed by atoms with Crippen LogP contribution >= 0.6 is 0 Å². The summed E-state index contributed by atoms with van der Waals surface area (Å²) >= 11 is 0. The van der Waals surface area contributed by atoms with Crippen LogP contribution in [0.2, 0.25) is 0 Å². The molecule has 2 N–H and O–H groups in total. The molecular weight excluding hydrogens is 340 g/mol. The fourth-order valence-electron chi connectivity index (χ4n) is 2.72. The number of carbonyl (C=O) groups is 1. The van der Waals surface area contributed by atoms with Gasteiger partial charge < -0.3 is 19.9 Å². The van der Waals surface area contributed by atoms with E-state index < -0.39 is 0 Å². The molecule has 0 aliphatic rings. The van der Waals surface area contributed by atoms with Crippen LogP contribution in [0.3, 0.4) is 0 Å². The average Bonchev–Trinajstić information content (AvgIpc) is 3.10. The highest BCUT2D eigenvalue weighted by Gasteiger charge is 2.16. The van der Waals surface area contributed by atoms with Crippen molar-refractivity contribution in [2.45, 2.75) is 0 Å². The van der Waals surface area contributed by atoms with Crippen LogP contribution in [0.1, 0.15) is 11.4 Å². The maximum atomic E-state index is 12.8. The highest BCUT2D eigenvalue weighted by Crippen LogP contribution is 2.21. The van der Waals surface area contributed by atoms with Gasteiger partial charge in [0.1, 0.15) is 5.82 Å². The normalized spacial score (nSPS) is 11.6. The first-order valence-corrected chi connectivity index (χ1v) is 8.80. The van der Waals surface area contributed by atoms with Crippen molar-refractivity contribution in [2.24, 2.45) is 0 Å². The van der Waals surface area contributed by atoms with Gasteiger partial charge in [0.15, 0.2) is 0 Å². The number of amides is 1. The lowest BCUT2D eigenvalue weighted by Gasteiger charge is -2.12. The fraction of sp³-hybridized carbons (Fsp3) is 0.238. The lowest BCUT2D eigenvalue weighted by Crippen LogP contribution is -2.28. The third-order valence-electron chi connectivity index (χ3n) is 4.20. The minimum atomic E-state index is -0.192. The topological polar surface area (TPSA) is 70.2 Å². The zero-order valence-electron chi connectivity index (χ0n) is 15.8. The molecule has 0 saturated heterocycles. The Morgan fingerprint density at radius 3 is 2.59 bits per heavy atom. The third-order valence-corrected chi connectivity index (χ3v) is 4.20. The molecule has 0 spiro atoms. The molecule has 0 aliphatic heterocycles. The van der Waals surface area contributed by atoms with Gasteiger partial charge in [-0.15, -0.1) is 0 Å². The van der Waals surface area contributed by atoms with Gasteiger partial charge in [0.05, 0.1) is 23.2 Å². The van der Waals surface area contributed by atoms with Crippen molar-refractivity contribution < 1.29 is 9.53 Å². The van der Waals surface area contributed by atoms with Crippen molar-refractivity contribution in [3.05, 3.63) is 59.9 Å². The Bertz CT molecular complexity index is 909. The molecule has 6 heteroatoms. The maximum absolute atomic E-state index is 12.8. The lowest BCUT2D eigenvalue weighted by molar-refractivity contribution is -0.115. The first kappa shape index (κ1) is 18.7. The standard InChI is InChI=1S/C21H24N4O2/c1-25(2)16-10-8-15(9-11-16)14-17(21(26)22-12-13-27-3)20-23-18-6-4-5-7-19(18)24-20/h4-11,14H,12-13H2,1-3H3,(H,22,26)(H,23,24)/b17-14+. The minimum absolute atomic E-state index is 0.192. The molecule has 0 aliphatic carbocycles. The van der Waals surface area contributed by atoms with Gasteiger partial charge in [-0.05, 0) is 35.9 Å². The van der Waals surface area contributed by atoms with Crippen molar-refractivity contribution in [3.8, 4) is 0 Å². The van der Waals surface area contributed by atoms with Gasteiger partial charge in [-0.25, -0.2) is 4.98 Å². The number of nitrogens with zero attached hydrogens (tertiary/aromatic N) is 2. The van der Waals surface area contributed by atoms with Crippen LogP contribution in [-0.4, -0.2) is 50.2 Å². The predicted molar refractivity (Wildman–Crippen MR) is 110 cm³/mol. The summed E-state index contributed by atoms with van der Waals surface area (Å²) in [4.78, 5) is 22.6. The van der Waals surface area contributed by atoms with E-state index in [9.17, 15) is 4.79 Å². The van der Waals surface area contributed by atoms with E-state index in [2.05, 4.69) is 15.3 Å². The van der Waals surface area contributed by atoms with Crippen molar-refractivity contribution in [1.29, 1.82) is 0 Å². The molecule has 0 unspecified atom stereocenters. The monoisotopic (exact) mass is 364 g/mol. The van der Waals surface area contributed by atoms with Crippen LogP contribution in [0.25, 0.3) is 22.7 Å². The Hall–Kier alpha value is -3.12. The number of aromatic amines is 1. The summed E-state index contributed by atoms with van der Waals surface area (Å²) in [6.07, 6.45) is 1.85. The van der Waals surface area contributed by atoms with E-state index in [1.54, 1.807) is 7.11 Å². The summed E-state index contributed by atoms with van der Waals surface area (Å²) in [5.41, 5.74) is 4.23. The second-order valence-corrected chi connectivity index (χ2v) is 6.40. The number of benzene rings is 2. The number of H-pyrrole nitrogens is 1. The number of carbonyl (C=O) groups excluding carboxylic acids is 1. The van der Waals surface area contributed by atoms with Crippen molar-refractivity contribution in [3.63, 3.8) is 0 Å². The third kappa shape index (κ3) is 4.54. The molecule has 140 valence electrons. The highest BCUT2D eigenvalue weighted by atomic mass is 16.5. The Balaban J connectivity index is 1.96. The van der Waals surface area contributed by atoms with Gasteiger partial charge >= 0.3 is 0 Å². The average molecular weight is 364 g/mol. The van der Waals surface area contributed by atoms with E-state index in [4.69, 9.17) is 4.74 Å². The van der Waals surface area contributed by atoms with Gasteiger partial charge in [-0.1, -0.05) is 24.3 Å². The highest BCUT2D eigenvalue weighted by molar-refractivity contribution is 6.23. The quantitative estimate of drug-likeness (QED) is 0.500. The van der Waals surface area contributed by atoms with E-state index >= 15 is 0 Å². The number of aromatic nitrogens is 2. The van der Waals surface area contributed by atoms with Gasteiger partial charge in [0.2, 0.25) is 0 Å². The first-order chi connectivity index (χ1) is 13.1. The molecule has 0 bridgehead atoms. The molecule has 1 heterocycles. The van der Waals surface area contributed by atoms with E-state index in [0.29, 0.717) is 24.5 Å². The number of rotatable bonds is 7. The molecule has 3 rings (SSSR count). The number of methoxy groups -OCH3 is 1. The van der Waals surface area contributed by atoms with Crippen LogP contribution in [0.5, 0.6) is 0 Å². The molecular formula is C21H24N4O2. The molecule has 6 nitrogen and oxygen atoms in total. The van der Waals surface area contributed by atoms with Crippen LogP contribution in [0.4, 0.5) is 5.69 Å². The number of ether oxygens (including phenoxy) is 1. The molecule has 0 saturated carbocycles. The first-order valence-electron chi connectivity index (χ1n) is 8.80. The van der Waals surface area contributed by atoms with E-state index in [-0.39, 0.29) is 5.91 Å². The second kappa shape index (κ2) is 8.51. The minimum Gasteiger partial charge on any atom is -0.383 e. The number of imidazole rings is 1.